The fourth-order valence-corrected chi connectivity index (χ4v) is 2.60. The third-order valence-electron chi connectivity index (χ3n) is 4.57. The normalized spacial score (nSPS) is 12.0. The van der Waals surface area contributed by atoms with Crippen molar-refractivity contribution >= 4 is 29.9 Å². The molecule has 1 rings (SSSR count). The van der Waals surface area contributed by atoms with E-state index < -0.39 is 0 Å². The molecule has 27 heavy (non-hydrogen) atoms. The summed E-state index contributed by atoms with van der Waals surface area (Å²) in [4.78, 5) is 4.70. The Labute approximate surface area is 182 Å². The van der Waals surface area contributed by atoms with E-state index >= 15 is 0 Å². The van der Waals surface area contributed by atoms with Gasteiger partial charge in [-0.3, -0.25) is 0 Å². The van der Waals surface area contributed by atoms with Crippen molar-refractivity contribution in [3.63, 3.8) is 0 Å². The number of hydrogen-bond donors (Lipinski definition) is 2. The van der Waals surface area contributed by atoms with Gasteiger partial charge in [-0.15, -0.1) is 34.2 Å². The van der Waals surface area contributed by atoms with Gasteiger partial charge in [0.05, 0.1) is 0 Å². The third-order valence-corrected chi connectivity index (χ3v) is 4.57. The van der Waals surface area contributed by atoms with Gasteiger partial charge >= 0.3 is 0 Å². The molecule has 0 fully saturated rings. The van der Waals surface area contributed by atoms with Crippen LogP contribution in [0.3, 0.4) is 0 Å². The summed E-state index contributed by atoms with van der Waals surface area (Å²) in [6, 6.07) is 0. The van der Waals surface area contributed by atoms with Crippen LogP contribution in [0.4, 0.5) is 0 Å². The van der Waals surface area contributed by atoms with Gasteiger partial charge in [0.2, 0.25) is 0 Å². The zero-order valence-corrected chi connectivity index (χ0v) is 20.3. The molecular formula is C19H39IN6O. The summed E-state index contributed by atoms with van der Waals surface area (Å²) in [6.07, 6.45) is 5.99. The number of halogens is 1. The second kappa shape index (κ2) is 14.1. The number of ether oxygens (including phenoxy) is 1. The Kier molecular flexibility index (Phi) is 13.7. The summed E-state index contributed by atoms with van der Waals surface area (Å²) in [7, 11) is 3.69. The quantitative estimate of drug-likeness (QED) is 0.202. The molecule has 0 bridgehead atoms. The van der Waals surface area contributed by atoms with Crippen molar-refractivity contribution in [3.8, 4) is 0 Å². The minimum Gasteiger partial charge on any atom is -0.385 e. The summed E-state index contributed by atoms with van der Waals surface area (Å²) in [5.41, 5.74) is 0.242. The average molecular weight is 494 g/mol. The molecule has 0 amide bonds. The van der Waals surface area contributed by atoms with Gasteiger partial charge in [-0.1, -0.05) is 40.0 Å². The fraction of sp³-hybridized carbons (Fsp3) is 0.842. The van der Waals surface area contributed by atoms with Crippen molar-refractivity contribution in [1.82, 2.24) is 25.4 Å². The van der Waals surface area contributed by atoms with Gasteiger partial charge in [0, 0.05) is 33.9 Å². The molecule has 0 aromatic carbocycles. The van der Waals surface area contributed by atoms with Crippen molar-refractivity contribution < 1.29 is 4.74 Å². The third kappa shape index (κ3) is 10.9. The van der Waals surface area contributed by atoms with Crippen LogP contribution in [0.2, 0.25) is 0 Å². The first-order valence-corrected chi connectivity index (χ1v) is 9.75. The number of aryl methyl sites for hydroxylation is 1. The van der Waals surface area contributed by atoms with E-state index in [1.807, 2.05) is 18.5 Å². The van der Waals surface area contributed by atoms with Crippen molar-refractivity contribution in [1.29, 1.82) is 0 Å². The van der Waals surface area contributed by atoms with Crippen LogP contribution in [-0.2, 0) is 18.3 Å². The highest BCUT2D eigenvalue weighted by Gasteiger charge is 2.17. The van der Waals surface area contributed by atoms with Gasteiger partial charge in [0.15, 0.2) is 11.8 Å². The van der Waals surface area contributed by atoms with Crippen LogP contribution in [0.15, 0.2) is 4.99 Å². The Balaban J connectivity index is 0.00000676. The standard InChI is InChI=1S/C19H38N6O.HI/c1-7-8-9-11-19(3,4)15-22-18(20-12-10-13-26-6)21-14-17-24-23-16(2)25(17)5;/h7-15H2,1-6H3,(H2,20,21,22);1H. The molecule has 0 saturated carbocycles. The van der Waals surface area contributed by atoms with Crippen LogP contribution in [0.5, 0.6) is 0 Å². The molecule has 0 unspecified atom stereocenters. The van der Waals surface area contributed by atoms with Gasteiger partial charge in [-0.25, -0.2) is 4.99 Å². The molecule has 0 atom stereocenters. The molecule has 1 aromatic rings. The number of nitrogens with one attached hydrogen (secondary N) is 2. The fourth-order valence-electron chi connectivity index (χ4n) is 2.60. The number of unbranched alkanes of at least 4 members (excludes halogenated alkanes) is 2. The first kappa shape index (κ1) is 26.1. The molecule has 8 heteroatoms. The van der Waals surface area contributed by atoms with Gasteiger partial charge in [-0.2, -0.15) is 0 Å². The monoisotopic (exact) mass is 494 g/mol. The summed E-state index contributed by atoms with van der Waals surface area (Å²) in [6.45, 7) is 11.8. The lowest BCUT2D eigenvalue weighted by molar-refractivity contribution is 0.195. The number of nitrogens with zero attached hydrogens (tertiary/aromatic N) is 4. The zero-order valence-electron chi connectivity index (χ0n) is 18.0. The molecule has 2 N–H and O–H groups in total. The van der Waals surface area contributed by atoms with Gasteiger partial charge in [0.1, 0.15) is 12.4 Å². The van der Waals surface area contributed by atoms with E-state index in [-0.39, 0.29) is 29.4 Å². The second-order valence-corrected chi connectivity index (χ2v) is 7.64. The van der Waals surface area contributed by atoms with Crippen molar-refractivity contribution in [2.24, 2.45) is 17.5 Å². The lowest BCUT2D eigenvalue weighted by Gasteiger charge is -2.26. The lowest BCUT2D eigenvalue weighted by Crippen LogP contribution is -2.42. The summed E-state index contributed by atoms with van der Waals surface area (Å²) in [5.74, 6) is 2.59. The number of rotatable bonds is 12. The van der Waals surface area contributed by atoms with E-state index in [1.165, 1.54) is 25.7 Å². The average Bonchev–Trinajstić information content (AvgIpc) is 2.92. The highest BCUT2D eigenvalue weighted by molar-refractivity contribution is 14.0. The van der Waals surface area contributed by atoms with Crippen LogP contribution >= 0.6 is 24.0 Å². The van der Waals surface area contributed by atoms with Crippen molar-refractivity contribution in [2.75, 3.05) is 26.8 Å². The predicted molar refractivity (Wildman–Crippen MR) is 123 cm³/mol. The maximum absolute atomic E-state index is 5.12. The Morgan fingerprint density at radius 3 is 2.52 bits per heavy atom. The molecule has 0 radical (unpaired) electrons. The first-order valence-electron chi connectivity index (χ1n) is 9.75. The molecule has 0 aliphatic rings. The first-order chi connectivity index (χ1) is 12.4. The number of guanidine groups is 1. The highest BCUT2D eigenvalue weighted by Crippen LogP contribution is 2.22. The van der Waals surface area contributed by atoms with Gasteiger partial charge in [-0.05, 0) is 25.2 Å². The Hall–Kier alpha value is -0.900. The molecule has 158 valence electrons. The highest BCUT2D eigenvalue weighted by atomic mass is 127. The Morgan fingerprint density at radius 1 is 1.19 bits per heavy atom. The van der Waals surface area contributed by atoms with Crippen LogP contribution in [0.1, 0.15) is 64.5 Å². The summed E-state index contributed by atoms with van der Waals surface area (Å²) >= 11 is 0. The van der Waals surface area contributed by atoms with Gasteiger partial charge in [0.25, 0.3) is 0 Å². The van der Waals surface area contributed by atoms with Crippen LogP contribution < -0.4 is 10.6 Å². The Bertz CT molecular complexity index is 544. The molecular weight excluding hydrogens is 455 g/mol. The molecule has 0 saturated heterocycles. The van der Waals surface area contributed by atoms with E-state index in [0.717, 1.165) is 43.7 Å². The van der Waals surface area contributed by atoms with Gasteiger partial charge < -0.3 is 19.9 Å². The van der Waals surface area contributed by atoms with Crippen LogP contribution in [-0.4, -0.2) is 47.5 Å². The minimum atomic E-state index is 0. The van der Waals surface area contributed by atoms with E-state index in [9.17, 15) is 0 Å². The molecule has 1 heterocycles. The van der Waals surface area contributed by atoms with E-state index in [1.54, 1.807) is 7.11 Å². The number of aliphatic imine (C=N–C) groups is 1. The molecule has 1 aromatic heterocycles. The summed E-state index contributed by atoms with van der Waals surface area (Å²) < 4.78 is 7.09. The number of methoxy groups -OCH3 is 1. The van der Waals surface area contributed by atoms with Crippen molar-refractivity contribution in [2.45, 2.75) is 66.3 Å². The number of aromatic nitrogens is 3. The van der Waals surface area contributed by atoms with E-state index in [4.69, 9.17) is 9.73 Å². The molecule has 0 aliphatic heterocycles. The molecule has 0 spiro atoms. The topological polar surface area (TPSA) is 76.4 Å². The number of hydrogen-bond acceptors (Lipinski definition) is 4. The lowest BCUT2D eigenvalue weighted by atomic mass is 9.87. The minimum absolute atomic E-state index is 0. The Morgan fingerprint density at radius 2 is 1.93 bits per heavy atom. The van der Waals surface area contributed by atoms with Crippen molar-refractivity contribution in [3.05, 3.63) is 11.6 Å². The second-order valence-electron chi connectivity index (χ2n) is 7.64. The van der Waals surface area contributed by atoms with Crippen LogP contribution in [0.25, 0.3) is 0 Å². The predicted octanol–water partition coefficient (Wildman–Crippen LogP) is 3.42. The van der Waals surface area contributed by atoms with E-state index in [2.05, 4.69) is 41.6 Å². The smallest absolute Gasteiger partial charge is 0.191 e. The maximum Gasteiger partial charge on any atom is 0.191 e. The van der Waals surface area contributed by atoms with E-state index in [0.29, 0.717) is 6.54 Å². The maximum atomic E-state index is 5.12. The SMILES string of the molecule is CCCCCC(C)(C)CNC(=NCc1nnc(C)n1C)NCCCOC.I. The molecule has 0 aliphatic carbocycles. The summed E-state index contributed by atoms with van der Waals surface area (Å²) in [5, 5.41) is 15.2. The zero-order chi connectivity index (χ0) is 19.4. The molecule has 7 nitrogen and oxygen atoms in total. The largest absolute Gasteiger partial charge is 0.385 e. The van der Waals surface area contributed by atoms with Crippen LogP contribution in [0, 0.1) is 12.3 Å².